The summed E-state index contributed by atoms with van der Waals surface area (Å²) in [6.45, 7) is 10.9. The van der Waals surface area contributed by atoms with Crippen molar-refractivity contribution in [3.63, 3.8) is 0 Å². The van der Waals surface area contributed by atoms with Gasteiger partial charge in [0, 0.05) is 5.56 Å². The second-order valence-corrected chi connectivity index (χ2v) is 6.11. The van der Waals surface area contributed by atoms with Crippen LogP contribution in [0.4, 0.5) is 0 Å². The number of rotatable bonds is 2. The number of benzene rings is 1. The molecule has 2 N–H and O–H groups in total. The molecule has 0 aliphatic rings. The lowest BCUT2D eigenvalue weighted by Gasteiger charge is -2.20. The van der Waals surface area contributed by atoms with Gasteiger partial charge in [0.15, 0.2) is 5.82 Å². The molecule has 106 valence electrons. The number of nitrogens with two attached hydrogens (primary N) is 1. The maximum atomic E-state index is 5.63. The van der Waals surface area contributed by atoms with Crippen molar-refractivity contribution in [2.45, 2.75) is 46.6 Å². The summed E-state index contributed by atoms with van der Waals surface area (Å²) in [5, 5.41) is 0. The molecule has 4 heteroatoms. The third-order valence-corrected chi connectivity index (χ3v) is 3.31. The number of hydrogen-bond donors (Lipinski definition) is 1. The van der Waals surface area contributed by atoms with Crippen LogP contribution in [0, 0.1) is 13.8 Å². The molecule has 1 aromatic heterocycles. The zero-order valence-corrected chi connectivity index (χ0v) is 12.9. The van der Waals surface area contributed by atoms with Gasteiger partial charge in [-0.3, -0.25) is 0 Å². The maximum Gasteiger partial charge on any atom is 0.163 e. The molecule has 0 fully saturated rings. The van der Waals surface area contributed by atoms with Crippen molar-refractivity contribution in [1.29, 1.82) is 0 Å². The van der Waals surface area contributed by atoms with Crippen LogP contribution >= 0.6 is 0 Å². The highest BCUT2D eigenvalue weighted by molar-refractivity contribution is 5.61. The van der Waals surface area contributed by atoms with Crippen molar-refractivity contribution < 1.29 is 0 Å². The summed E-state index contributed by atoms with van der Waals surface area (Å²) in [5.74, 6) is 2.04. The van der Waals surface area contributed by atoms with Gasteiger partial charge < -0.3 is 5.73 Å². The first-order valence-electron chi connectivity index (χ1n) is 6.84. The lowest BCUT2D eigenvalue weighted by Crippen LogP contribution is -2.12. The van der Waals surface area contributed by atoms with Gasteiger partial charge in [-0.15, -0.1) is 0 Å². The fourth-order valence-corrected chi connectivity index (χ4v) is 2.13. The average Bonchev–Trinajstić information content (AvgIpc) is 2.36. The van der Waals surface area contributed by atoms with Crippen molar-refractivity contribution in [2.24, 2.45) is 5.73 Å². The van der Waals surface area contributed by atoms with Crippen molar-refractivity contribution in [3.8, 4) is 11.4 Å². The van der Waals surface area contributed by atoms with E-state index in [0.29, 0.717) is 24.0 Å². The molecule has 0 bridgehead atoms. The van der Waals surface area contributed by atoms with E-state index in [1.54, 1.807) is 0 Å². The summed E-state index contributed by atoms with van der Waals surface area (Å²) in [7, 11) is 0. The molecule has 1 aromatic carbocycles. The predicted octanol–water partition coefficient (Wildman–Crippen LogP) is 2.91. The molecular weight excluding hydrogens is 248 g/mol. The normalized spacial score (nSPS) is 11.7. The Morgan fingerprint density at radius 2 is 1.75 bits per heavy atom. The zero-order chi connectivity index (χ0) is 14.9. The lowest BCUT2D eigenvalue weighted by molar-refractivity contribution is 0.590. The highest BCUT2D eigenvalue weighted by atomic mass is 15.0. The van der Waals surface area contributed by atoms with E-state index in [4.69, 9.17) is 5.73 Å². The molecule has 2 rings (SSSR count). The minimum absolute atomic E-state index is 0.140. The Kier molecular flexibility index (Phi) is 3.86. The van der Waals surface area contributed by atoms with Gasteiger partial charge in [-0.05, 0) is 30.4 Å². The van der Waals surface area contributed by atoms with E-state index in [-0.39, 0.29) is 5.41 Å². The van der Waals surface area contributed by atoms with Gasteiger partial charge in [-0.25, -0.2) is 15.0 Å². The van der Waals surface area contributed by atoms with Crippen molar-refractivity contribution in [1.82, 2.24) is 15.0 Å². The smallest absolute Gasteiger partial charge is 0.163 e. The van der Waals surface area contributed by atoms with Crippen LogP contribution in [-0.2, 0) is 12.0 Å². The quantitative estimate of drug-likeness (QED) is 0.911. The first kappa shape index (κ1) is 14.6. The minimum atomic E-state index is 0.140. The molecule has 4 nitrogen and oxygen atoms in total. The van der Waals surface area contributed by atoms with E-state index >= 15 is 0 Å². The Hall–Kier alpha value is -1.81. The van der Waals surface area contributed by atoms with E-state index in [1.165, 1.54) is 11.1 Å². The maximum absolute atomic E-state index is 5.63. The summed E-state index contributed by atoms with van der Waals surface area (Å²) in [5.41, 5.74) is 9.29. The summed E-state index contributed by atoms with van der Waals surface area (Å²) >= 11 is 0. The molecular formula is C16H22N4. The Morgan fingerprint density at radius 3 is 2.30 bits per heavy atom. The number of aryl methyl sites for hydroxylation is 2. The second kappa shape index (κ2) is 5.29. The van der Waals surface area contributed by atoms with E-state index in [9.17, 15) is 0 Å². The Morgan fingerprint density at radius 1 is 1.05 bits per heavy atom. The van der Waals surface area contributed by atoms with Crippen LogP contribution in [-0.4, -0.2) is 15.0 Å². The summed E-state index contributed by atoms with van der Waals surface area (Å²) in [6.07, 6.45) is 0. The number of nitrogens with zero attached hydrogens (tertiary/aromatic N) is 3. The van der Waals surface area contributed by atoms with Gasteiger partial charge in [0.1, 0.15) is 11.6 Å². The minimum Gasteiger partial charge on any atom is -0.324 e. The van der Waals surface area contributed by atoms with Crippen molar-refractivity contribution >= 4 is 0 Å². The second-order valence-electron chi connectivity index (χ2n) is 6.11. The molecule has 2 aromatic rings. The molecule has 1 heterocycles. The van der Waals surface area contributed by atoms with E-state index in [1.807, 2.05) is 6.92 Å². The van der Waals surface area contributed by atoms with Gasteiger partial charge >= 0.3 is 0 Å². The van der Waals surface area contributed by atoms with Gasteiger partial charge in [0.25, 0.3) is 0 Å². The van der Waals surface area contributed by atoms with Crippen LogP contribution in [0.2, 0.25) is 0 Å². The van der Waals surface area contributed by atoms with Crippen LogP contribution in [0.5, 0.6) is 0 Å². The van der Waals surface area contributed by atoms with Crippen molar-refractivity contribution in [2.75, 3.05) is 0 Å². The van der Waals surface area contributed by atoms with Crippen LogP contribution in [0.15, 0.2) is 18.2 Å². The van der Waals surface area contributed by atoms with Crippen molar-refractivity contribution in [3.05, 3.63) is 41.0 Å². The molecule has 0 saturated heterocycles. The molecule has 0 saturated carbocycles. The standard InChI is InChI=1S/C16H22N4/c1-10-8-12(16(3,4)5)6-7-13(10)15-19-11(2)18-14(9-17)20-15/h6-8H,9,17H2,1-5H3. The predicted molar refractivity (Wildman–Crippen MR) is 81.3 cm³/mol. The largest absolute Gasteiger partial charge is 0.324 e. The SMILES string of the molecule is Cc1nc(CN)nc(-c2ccc(C(C)(C)C)cc2C)n1. The first-order valence-corrected chi connectivity index (χ1v) is 6.84. The number of aromatic nitrogens is 3. The summed E-state index contributed by atoms with van der Waals surface area (Å²) in [4.78, 5) is 13.1. The van der Waals surface area contributed by atoms with Crippen LogP contribution < -0.4 is 5.73 Å². The topological polar surface area (TPSA) is 64.7 Å². The third kappa shape index (κ3) is 3.02. The van der Waals surface area contributed by atoms with Crippen LogP contribution in [0.25, 0.3) is 11.4 Å². The molecule has 0 radical (unpaired) electrons. The Labute approximate surface area is 120 Å². The van der Waals surface area contributed by atoms with Gasteiger partial charge in [-0.1, -0.05) is 39.0 Å². The van der Waals surface area contributed by atoms with E-state index in [0.717, 1.165) is 5.56 Å². The lowest BCUT2D eigenvalue weighted by atomic mass is 9.85. The highest BCUT2D eigenvalue weighted by Gasteiger charge is 2.16. The fourth-order valence-electron chi connectivity index (χ4n) is 2.13. The highest BCUT2D eigenvalue weighted by Crippen LogP contribution is 2.27. The monoisotopic (exact) mass is 270 g/mol. The molecule has 0 spiro atoms. The first-order chi connectivity index (χ1) is 9.31. The van der Waals surface area contributed by atoms with Gasteiger partial charge in [0.2, 0.25) is 0 Å². The van der Waals surface area contributed by atoms with Gasteiger partial charge in [0.05, 0.1) is 6.54 Å². The molecule has 0 aliphatic carbocycles. The van der Waals surface area contributed by atoms with E-state index < -0.39 is 0 Å². The van der Waals surface area contributed by atoms with E-state index in [2.05, 4.69) is 60.8 Å². The Balaban J connectivity index is 2.51. The molecule has 20 heavy (non-hydrogen) atoms. The fraction of sp³-hybridized carbons (Fsp3) is 0.438. The van der Waals surface area contributed by atoms with Crippen LogP contribution in [0.3, 0.4) is 0 Å². The molecule has 0 amide bonds. The molecule has 0 aliphatic heterocycles. The number of hydrogen-bond acceptors (Lipinski definition) is 4. The van der Waals surface area contributed by atoms with Crippen LogP contribution in [0.1, 0.15) is 43.5 Å². The van der Waals surface area contributed by atoms with Gasteiger partial charge in [-0.2, -0.15) is 0 Å². The Bertz CT molecular complexity index is 627. The summed E-state index contributed by atoms with van der Waals surface area (Å²) < 4.78 is 0. The molecule has 0 atom stereocenters. The molecule has 0 unspecified atom stereocenters. The summed E-state index contributed by atoms with van der Waals surface area (Å²) in [6, 6.07) is 6.44. The zero-order valence-electron chi connectivity index (χ0n) is 12.9. The third-order valence-electron chi connectivity index (χ3n) is 3.31. The average molecular weight is 270 g/mol.